The van der Waals surface area contributed by atoms with E-state index >= 15 is 0 Å². The maximum atomic E-state index is 11.4. The number of nitrogens with zero attached hydrogens (tertiary/aromatic N) is 1. The first-order valence-electron chi connectivity index (χ1n) is 4.69. The Hall–Kier alpha value is 0.640. The summed E-state index contributed by atoms with van der Waals surface area (Å²) in [6, 6.07) is 0. The lowest BCUT2D eigenvalue weighted by molar-refractivity contribution is -0.122. The average Bonchev–Trinajstić information content (AvgIpc) is 2.20. The molecule has 1 amide bonds. The van der Waals surface area contributed by atoms with Crippen LogP contribution in [0.4, 0.5) is 0 Å². The van der Waals surface area contributed by atoms with Crippen LogP contribution >= 0.6 is 26.6 Å². The number of hydrogen-bond acceptors (Lipinski definition) is 4. The number of amides is 1. The molecule has 1 saturated heterocycles. The Labute approximate surface area is 90.2 Å². The molecule has 1 rings (SSSR count). The van der Waals surface area contributed by atoms with Gasteiger partial charge in [0.05, 0.1) is 17.8 Å². The highest BCUT2D eigenvalue weighted by Gasteiger charge is 2.11. The van der Waals surface area contributed by atoms with Crippen molar-refractivity contribution in [3.8, 4) is 0 Å². The Morgan fingerprint density at radius 3 is 2.71 bits per heavy atom. The van der Waals surface area contributed by atoms with E-state index < -0.39 is 0 Å². The molecule has 0 aromatic heterocycles. The van der Waals surface area contributed by atoms with E-state index in [1.54, 1.807) is 0 Å². The molecule has 0 radical (unpaired) electrons. The topological polar surface area (TPSA) is 56.4 Å². The zero-order chi connectivity index (χ0) is 10.2. The van der Waals surface area contributed by atoms with Gasteiger partial charge in [0.1, 0.15) is 0 Å². The molecule has 0 aromatic rings. The van der Waals surface area contributed by atoms with Crippen LogP contribution in [-0.2, 0) is 4.79 Å². The number of hydrazine groups is 1. The fourth-order valence-electron chi connectivity index (χ4n) is 0.999. The molecule has 82 valence electrons. The van der Waals surface area contributed by atoms with Gasteiger partial charge in [-0.25, -0.2) is 0 Å². The van der Waals surface area contributed by atoms with Crippen molar-refractivity contribution in [2.45, 2.75) is 32.6 Å². The predicted octanol–water partition coefficient (Wildman–Crippen LogP) is 1.62. The third-order valence-electron chi connectivity index (χ3n) is 1.70. The largest absolute Gasteiger partial charge is 0.280 e. The van der Waals surface area contributed by atoms with Gasteiger partial charge in [0.2, 0.25) is 5.91 Å². The first kappa shape index (κ1) is 12.7. The number of nitrogens with one attached hydrogen (secondary N) is 3. The summed E-state index contributed by atoms with van der Waals surface area (Å²) in [5.41, 5.74) is 2.88. The smallest absolute Gasteiger partial charge is 0.234 e. The van der Waals surface area contributed by atoms with E-state index in [0.29, 0.717) is 33.1 Å². The molecule has 1 aliphatic rings. The molecule has 1 heterocycles. The predicted molar refractivity (Wildman–Crippen MR) is 65.3 cm³/mol. The lowest BCUT2D eigenvalue weighted by Gasteiger charge is -2.26. The van der Waals surface area contributed by atoms with Crippen LogP contribution in [0, 0.1) is 0 Å². The van der Waals surface area contributed by atoms with Crippen LogP contribution in [0.1, 0.15) is 32.6 Å². The summed E-state index contributed by atoms with van der Waals surface area (Å²) in [6.45, 7) is 2.14. The Kier molecular flexibility index (Phi) is 7.14. The van der Waals surface area contributed by atoms with E-state index in [1.165, 1.54) is 0 Å². The molecule has 2 unspecified atom stereocenters. The minimum atomic E-state index is 0.132. The molecule has 0 bridgehead atoms. The first-order chi connectivity index (χ1) is 6.83. The monoisotopic (exact) mass is 254 g/mol. The van der Waals surface area contributed by atoms with E-state index in [4.69, 9.17) is 0 Å². The van der Waals surface area contributed by atoms with Crippen molar-refractivity contribution >= 4 is 32.6 Å². The Balaban J connectivity index is 2.06. The highest BCUT2D eigenvalue weighted by molar-refractivity contribution is 7.65. The SMILES string of the molecule is CCCCCC(=O)NN1PNPNP1. The third-order valence-corrected chi connectivity index (χ3v) is 4.94. The molecule has 2 atom stereocenters. The molecule has 0 spiro atoms. The van der Waals surface area contributed by atoms with Gasteiger partial charge in [-0.2, -0.15) is 4.55 Å². The second-order valence-corrected chi connectivity index (χ2v) is 6.96. The Morgan fingerprint density at radius 2 is 2.07 bits per heavy atom. The molecule has 3 N–H and O–H groups in total. The molecule has 0 aliphatic carbocycles. The van der Waals surface area contributed by atoms with Crippen LogP contribution in [0.2, 0.25) is 0 Å². The van der Waals surface area contributed by atoms with Crippen molar-refractivity contribution in [1.82, 2.24) is 19.7 Å². The van der Waals surface area contributed by atoms with Gasteiger partial charge >= 0.3 is 0 Å². The van der Waals surface area contributed by atoms with Crippen LogP contribution in [0.15, 0.2) is 0 Å². The van der Waals surface area contributed by atoms with Crippen molar-refractivity contribution < 1.29 is 4.79 Å². The van der Waals surface area contributed by atoms with E-state index in [0.717, 1.165) is 19.3 Å². The summed E-state index contributed by atoms with van der Waals surface area (Å²) in [7, 11) is 1.63. The van der Waals surface area contributed by atoms with Gasteiger partial charge in [0.25, 0.3) is 0 Å². The molecule has 0 saturated carbocycles. The van der Waals surface area contributed by atoms with Gasteiger partial charge in [-0.05, 0) is 6.42 Å². The zero-order valence-electron chi connectivity index (χ0n) is 8.18. The standard InChI is InChI=1S/C6H17N4OP3/c1-2-3-4-5-6(11)7-10-13-8-12-9-14-10/h8-9,12-14H,2-5H2,1H3,(H,7,11). The Bertz CT molecular complexity index is 176. The van der Waals surface area contributed by atoms with Crippen molar-refractivity contribution in [2.75, 3.05) is 0 Å². The number of rotatable bonds is 5. The van der Waals surface area contributed by atoms with Crippen LogP contribution in [0.25, 0.3) is 0 Å². The van der Waals surface area contributed by atoms with E-state index in [2.05, 4.69) is 22.1 Å². The molecule has 5 nitrogen and oxygen atoms in total. The van der Waals surface area contributed by atoms with Crippen molar-refractivity contribution in [3.63, 3.8) is 0 Å². The molecule has 1 aliphatic heterocycles. The van der Waals surface area contributed by atoms with Gasteiger partial charge in [-0.3, -0.25) is 19.9 Å². The highest BCUT2D eigenvalue weighted by Crippen LogP contribution is 2.34. The van der Waals surface area contributed by atoms with Crippen molar-refractivity contribution in [1.29, 1.82) is 0 Å². The Morgan fingerprint density at radius 1 is 1.36 bits per heavy atom. The van der Waals surface area contributed by atoms with Crippen LogP contribution < -0.4 is 15.1 Å². The van der Waals surface area contributed by atoms with Crippen molar-refractivity contribution in [2.24, 2.45) is 0 Å². The summed E-state index contributed by atoms with van der Waals surface area (Å²) in [5.74, 6) is 0.132. The van der Waals surface area contributed by atoms with Gasteiger partial charge in [-0.15, -0.1) is 0 Å². The highest BCUT2D eigenvalue weighted by atomic mass is 31.2. The van der Waals surface area contributed by atoms with Crippen molar-refractivity contribution in [3.05, 3.63) is 0 Å². The minimum Gasteiger partial charge on any atom is -0.280 e. The van der Waals surface area contributed by atoms with E-state index in [-0.39, 0.29) is 5.91 Å². The second-order valence-electron chi connectivity index (χ2n) is 2.93. The normalized spacial score (nSPS) is 23.2. The molecular weight excluding hydrogens is 237 g/mol. The maximum absolute atomic E-state index is 11.4. The number of carbonyl (C=O) groups excluding carboxylic acids is 1. The number of unbranched alkanes of at least 4 members (excludes halogenated alkanes) is 2. The van der Waals surface area contributed by atoms with Crippen LogP contribution in [0.5, 0.6) is 0 Å². The maximum Gasteiger partial charge on any atom is 0.234 e. The summed E-state index contributed by atoms with van der Waals surface area (Å²) in [5, 5.41) is 0. The van der Waals surface area contributed by atoms with Crippen LogP contribution in [-0.4, -0.2) is 10.5 Å². The zero-order valence-corrected chi connectivity index (χ0v) is 11.2. The number of carbonyl (C=O) groups is 1. The fourth-order valence-corrected chi connectivity index (χ4v) is 4.74. The van der Waals surface area contributed by atoms with Crippen LogP contribution in [0.3, 0.4) is 0 Å². The molecular formula is C6H17N4OP3. The second kappa shape index (κ2) is 7.87. The van der Waals surface area contributed by atoms with Gasteiger partial charge in [-0.1, -0.05) is 19.8 Å². The third kappa shape index (κ3) is 5.50. The molecule has 1 fully saturated rings. The van der Waals surface area contributed by atoms with Gasteiger partial charge in [0, 0.05) is 15.3 Å². The average molecular weight is 254 g/mol. The van der Waals surface area contributed by atoms with E-state index in [1.807, 2.05) is 4.55 Å². The quantitative estimate of drug-likeness (QED) is 0.515. The number of hydrogen-bond donors (Lipinski definition) is 3. The van der Waals surface area contributed by atoms with Gasteiger partial charge in [0.15, 0.2) is 0 Å². The minimum absolute atomic E-state index is 0.132. The molecule has 14 heavy (non-hydrogen) atoms. The lowest BCUT2D eigenvalue weighted by atomic mass is 10.2. The first-order valence-corrected chi connectivity index (χ1v) is 7.58. The summed E-state index contributed by atoms with van der Waals surface area (Å²) < 4.78 is 1.91. The van der Waals surface area contributed by atoms with Gasteiger partial charge < -0.3 is 0 Å². The fraction of sp³-hybridized carbons (Fsp3) is 0.833. The summed E-state index contributed by atoms with van der Waals surface area (Å²) >= 11 is 0. The summed E-state index contributed by atoms with van der Waals surface area (Å²) in [6.07, 6.45) is 3.92. The summed E-state index contributed by atoms with van der Waals surface area (Å²) in [4.78, 5) is 17.7. The van der Waals surface area contributed by atoms with E-state index in [9.17, 15) is 4.79 Å². The molecule has 8 heteroatoms. The lowest BCUT2D eigenvalue weighted by Crippen LogP contribution is -2.34. The molecule has 0 aromatic carbocycles.